The normalized spacial score (nSPS) is 9.71. The summed E-state index contributed by atoms with van der Waals surface area (Å²) in [4.78, 5) is 12.6. The third-order valence-corrected chi connectivity index (χ3v) is 2.41. The van der Waals surface area contributed by atoms with E-state index in [4.69, 9.17) is 15.1 Å². The maximum Gasteiger partial charge on any atom is 0.335 e. The van der Waals surface area contributed by atoms with Crippen LogP contribution in [0.1, 0.15) is 15.9 Å². The van der Waals surface area contributed by atoms with Crippen LogP contribution in [-0.4, -0.2) is 38.4 Å². The number of carboxylic acids is 1. The zero-order valence-corrected chi connectivity index (χ0v) is 9.80. The smallest absolute Gasteiger partial charge is 0.335 e. The molecule has 1 rings (SSSR count). The minimum absolute atomic E-state index is 0.116. The summed E-state index contributed by atoms with van der Waals surface area (Å²) in [7, 11) is 3.43. The molecule has 0 aliphatic carbocycles. The van der Waals surface area contributed by atoms with E-state index >= 15 is 0 Å². The Morgan fingerprint density at radius 3 is 2.82 bits per heavy atom. The van der Waals surface area contributed by atoms with Crippen molar-refractivity contribution in [1.82, 2.24) is 0 Å². The van der Waals surface area contributed by atoms with Crippen LogP contribution in [0.15, 0.2) is 18.2 Å². The van der Waals surface area contributed by atoms with Crippen LogP contribution in [0, 0.1) is 11.3 Å². The molecule has 5 heteroatoms. The monoisotopic (exact) mass is 234 g/mol. The molecule has 1 aromatic carbocycles. The average Bonchev–Trinajstić information content (AvgIpc) is 2.34. The lowest BCUT2D eigenvalue weighted by molar-refractivity contribution is 0.0697. The summed E-state index contributed by atoms with van der Waals surface area (Å²) in [6.07, 6.45) is 0. The summed E-state index contributed by atoms with van der Waals surface area (Å²) in [5, 5.41) is 17.8. The quantitative estimate of drug-likeness (QED) is 0.832. The lowest BCUT2D eigenvalue weighted by Gasteiger charge is -2.20. The first-order valence-electron chi connectivity index (χ1n) is 5.07. The number of rotatable bonds is 5. The molecule has 0 bridgehead atoms. The number of likely N-dealkylation sites (N-methyl/N-ethyl adjacent to an activating group) is 1. The van der Waals surface area contributed by atoms with Crippen molar-refractivity contribution in [1.29, 1.82) is 5.26 Å². The molecule has 0 radical (unpaired) electrons. The van der Waals surface area contributed by atoms with Crippen molar-refractivity contribution in [3.05, 3.63) is 29.3 Å². The maximum atomic E-state index is 10.8. The lowest BCUT2D eigenvalue weighted by atomic mass is 10.1. The Morgan fingerprint density at radius 1 is 1.59 bits per heavy atom. The zero-order valence-electron chi connectivity index (χ0n) is 9.80. The van der Waals surface area contributed by atoms with E-state index < -0.39 is 5.97 Å². The fourth-order valence-corrected chi connectivity index (χ4v) is 1.44. The fraction of sp³-hybridized carbons (Fsp3) is 0.333. The van der Waals surface area contributed by atoms with Crippen molar-refractivity contribution in [2.24, 2.45) is 0 Å². The highest BCUT2D eigenvalue weighted by atomic mass is 16.5. The van der Waals surface area contributed by atoms with E-state index in [1.807, 2.05) is 18.0 Å². The van der Waals surface area contributed by atoms with Crippen LogP contribution in [0.5, 0.6) is 0 Å². The topological polar surface area (TPSA) is 73.6 Å². The van der Waals surface area contributed by atoms with Gasteiger partial charge in [-0.25, -0.2) is 4.79 Å². The summed E-state index contributed by atoms with van der Waals surface area (Å²) >= 11 is 0. The summed E-state index contributed by atoms with van der Waals surface area (Å²) in [6, 6.07) is 6.50. The number of aromatic carboxylic acids is 1. The van der Waals surface area contributed by atoms with Crippen molar-refractivity contribution in [3.8, 4) is 6.07 Å². The Morgan fingerprint density at radius 2 is 2.29 bits per heavy atom. The Bertz CT molecular complexity index is 452. The number of ether oxygens (including phenoxy) is 1. The molecule has 0 saturated carbocycles. The molecule has 1 N–H and O–H groups in total. The highest BCUT2D eigenvalue weighted by Crippen LogP contribution is 2.20. The SMILES string of the molecule is COCCN(C)c1ccc(C(=O)O)cc1C#N. The van der Waals surface area contributed by atoms with Gasteiger partial charge in [-0.15, -0.1) is 0 Å². The highest BCUT2D eigenvalue weighted by Gasteiger charge is 2.11. The molecule has 0 amide bonds. The number of methoxy groups -OCH3 is 1. The molecule has 17 heavy (non-hydrogen) atoms. The van der Waals surface area contributed by atoms with Crippen LogP contribution in [0.4, 0.5) is 5.69 Å². The molecular weight excluding hydrogens is 220 g/mol. The number of nitriles is 1. The molecule has 0 heterocycles. The molecule has 0 atom stereocenters. The van der Waals surface area contributed by atoms with E-state index in [9.17, 15) is 4.79 Å². The molecule has 0 fully saturated rings. The van der Waals surface area contributed by atoms with Crippen molar-refractivity contribution in [3.63, 3.8) is 0 Å². The first kappa shape index (κ1) is 13.0. The van der Waals surface area contributed by atoms with Gasteiger partial charge in [0.05, 0.1) is 23.4 Å². The second kappa shape index (κ2) is 5.87. The molecule has 5 nitrogen and oxygen atoms in total. The molecule has 0 unspecified atom stereocenters. The van der Waals surface area contributed by atoms with Crippen LogP contribution in [0.2, 0.25) is 0 Å². The number of hydrogen-bond acceptors (Lipinski definition) is 4. The second-order valence-corrected chi connectivity index (χ2v) is 3.56. The maximum absolute atomic E-state index is 10.8. The van der Waals surface area contributed by atoms with Crippen molar-refractivity contribution in [2.75, 3.05) is 32.2 Å². The lowest BCUT2D eigenvalue weighted by Crippen LogP contribution is -2.23. The Balaban J connectivity index is 3.01. The van der Waals surface area contributed by atoms with Gasteiger partial charge in [0.25, 0.3) is 0 Å². The Labute approximate surface area is 99.8 Å². The molecule has 0 aliphatic heterocycles. The first-order chi connectivity index (χ1) is 8.10. The van der Waals surface area contributed by atoms with Crippen molar-refractivity contribution < 1.29 is 14.6 Å². The van der Waals surface area contributed by atoms with Gasteiger partial charge in [0, 0.05) is 20.7 Å². The predicted molar refractivity (Wildman–Crippen MR) is 63.3 cm³/mol. The standard InChI is InChI=1S/C12H14N2O3/c1-14(5-6-17-2)11-4-3-9(12(15)16)7-10(11)8-13/h3-4,7H,5-6H2,1-2H3,(H,15,16). The summed E-state index contributed by atoms with van der Waals surface area (Å²) in [5.41, 5.74) is 1.17. The molecule has 1 aromatic rings. The van der Waals surface area contributed by atoms with Gasteiger partial charge in [-0.05, 0) is 18.2 Å². The van der Waals surface area contributed by atoms with E-state index in [0.717, 1.165) is 0 Å². The van der Waals surface area contributed by atoms with Crippen LogP contribution >= 0.6 is 0 Å². The number of carbonyl (C=O) groups is 1. The van der Waals surface area contributed by atoms with Crippen LogP contribution in [0.3, 0.4) is 0 Å². The molecular formula is C12H14N2O3. The van der Waals surface area contributed by atoms with E-state index in [1.54, 1.807) is 13.2 Å². The van der Waals surface area contributed by atoms with Gasteiger partial charge in [-0.2, -0.15) is 5.26 Å². The van der Waals surface area contributed by atoms with Crippen LogP contribution in [0.25, 0.3) is 0 Å². The third-order valence-electron chi connectivity index (χ3n) is 2.41. The number of nitrogens with zero attached hydrogens (tertiary/aromatic N) is 2. The van der Waals surface area contributed by atoms with Gasteiger partial charge in [-0.3, -0.25) is 0 Å². The van der Waals surface area contributed by atoms with E-state index in [1.165, 1.54) is 12.1 Å². The zero-order chi connectivity index (χ0) is 12.8. The molecule has 0 saturated heterocycles. The van der Waals surface area contributed by atoms with Crippen molar-refractivity contribution in [2.45, 2.75) is 0 Å². The minimum Gasteiger partial charge on any atom is -0.478 e. The average molecular weight is 234 g/mol. The van der Waals surface area contributed by atoms with Crippen LogP contribution < -0.4 is 4.90 Å². The number of benzene rings is 1. The van der Waals surface area contributed by atoms with Gasteiger partial charge < -0.3 is 14.7 Å². The first-order valence-corrected chi connectivity index (χ1v) is 5.07. The van der Waals surface area contributed by atoms with Gasteiger partial charge in [-0.1, -0.05) is 0 Å². The summed E-state index contributed by atoms with van der Waals surface area (Å²) in [5.74, 6) is -1.03. The Kier molecular flexibility index (Phi) is 4.49. The molecule has 0 spiro atoms. The fourth-order valence-electron chi connectivity index (χ4n) is 1.44. The summed E-state index contributed by atoms with van der Waals surface area (Å²) < 4.78 is 4.95. The van der Waals surface area contributed by atoms with E-state index in [2.05, 4.69) is 0 Å². The van der Waals surface area contributed by atoms with Crippen molar-refractivity contribution >= 4 is 11.7 Å². The summed E-state index contributed by atoms with van der Waals surface area (Å²) in [6.45, 7) is 1.18. The largest absolute Gasteiger partial charge is 0.478 e. The van der Waals surface area contributed by atoms with Gasteiger partial charge in [0.15, 0.2) is 0 Å². The molecule has 0 aromatic heterocycles. The number of anilines is 1. The van der Waals surface area contributed by atoms with E-state index in [-0.39, 0.29) is 5.56 Å². The number of carboxylic acid groups (broad SMARTS) is 1. The van der Waals surface area contributed by atoms with Gasteiger partial charge in [0.2, 0.25) is 0 Å². The minimum atomic E-state index is -1.03. The Hall–Kier alpha value is -2.06. The van der Waals surface area contributed by atoms with E-state index in [0.29, 0.717) is 24.4 Å². The number of hydrogen-bond donors (Lipinski definition) is 1. The van der Waals surface area contributed by atoms with Gasteiger partial charge in [0.1, 0.15) is 6.07 Å². The highest BCUT2D eigenvalue weighted by molar-refractivity contribution is 5.89. The van der Waals surface area contributed by atoms with Gasteiger partial charge >= 0.3 is 5.97 Å². The predicted octanol–water partition coefficient (Wildman–Crippen LogP) is 1.34. The third kappa shape index (κ3) is 3.20. The molecule has 0 aliphatic rings. The van der Waals surface area contributed by atoms with Crippen LogP contribution in [-0.2, 0) is 4.74 Å². The second-order valence-electron chi connectivity index (χ2n) is 3.56. The molecule has 90 valence electrons.